The van der Waals surface area contributed by atoms with E-state index in [0.29, 0.717) is 6.04 Å². The molecule has 0 saturated carbocycles. The van der Waals surface area contributed by atoms with Gasteiger partial charge in [-0.15, -0.1) is 0 Å². The second-order valence-electron chi connectivity index (χ2n) is 7.82. The van der Waals surface area contributed by atoms with E-state index in [-0.39, 0.29) is 18.6 Å². The molecule has 4 rings (SSSR count). The van der Waals surface area contributed by atoms with E-state index < -0.39 is 0 Å². The summed E-state index contributed by atoms with van der Waals surface area (Å²) in [6, 6.07) is 7.64. The van der Waals surface area contributed by atoms with Crippen molar-refractivity contribution >= 4 is 5.69 Å². The van der Waals surface area contributed by atoms with E-state index in [1.54, 1.807) is 11.1 Å². The number of rotatable bonds is 3. The van der Waals surface area contributed by atoms with Crippen molar-refractivity contribution in [3.05, 3.63) is 29.3 Å². The van der Waals surface area contributed by atoms with Gasteiger partial charge in [0.2, 0.25) is 0 Å². The molecular formula is C20H30N2O2. The molecule has 0 aromatic heterocycles. The van der Waals surface area contributed by atoms with Crippen LogP contribution in [0.1, 0.15) is 36.8 Å². The Bertz CT molecular complexity index is 569. The minimum absolute atomic E-state index is 0.0766. The Balaban J connectivity index is 1.34. The van der Waals surface area contributed by atoms with Gasteiger partial charge in [0.1, 0.15) is 0 Å². The Kier molecular flexibility index (Phi) is 4.79. The van der Waals surface area contributed by atoms with Gasteiger partial charge in [-0.2, -0.15) is 0 Å². The maximum Gasteiger partial charge on any atom is 0.0717 e. The van der Waals surface area contributed by atoms with Crippen LogP contribution in [0.5, 0.6) is 0 Å². The Hall–Kier alpha value is -1.10. The van der Waals surface area contributed by atoms with Gasteiger partial charge >= 0.3 is 0 Å². The highest BCUT2D eigenvalue weighted by molar-refractivity contribution is 5.52. The van der Waals surface area contributed by atoms with Crippen molar-refractivity contribution in [1.82, 2.24) is 4.90 Å². The number of aryl methyl sites for hydroxylation is 2. The number of fused-ring (bicyclic) bond motifs is 1. The molecule has 1 aromatic rings. The van der Waals surface area contributed by atoms with E-state index in [0.717, 1.165) is 32.6 Å². The monoisotopic (exact) mass is 330 g/mol. The highest BCUT2D eigenvalue weighted by Crippen LogP contribution is 2.30. The highest BCUT2D eigenvalue weighted by atomic mass is 16.3. The molecule has 0 spiro atoms. The maximum absolute atomic E-state index is 10.2. The van der Waals surface area contributed by atoms with Crippen LogP contribution in [0, 0.1) is 5.92 Å². The van der Waals surface area contributed by atoms with Gasteiger partial charge in [-0.05, 0) is 68.3 Å². The van der Waals surface area contributed by atoms with Crippen LogP contribution in [0.4, 0.5) is 5.69 Å². The first-order chi connectivity index (χ1) is 11.7. The van der Waals surface area contributed by atoms with Crippen molar-refractivity contribution in [2.24, 2.45) is 5.92 Å². The number of β-amino-alcohol motifs (C(OH)–C–C–N with tert-alkyl or cyclic N) is 1. The molecule has 4 nitrogen and oxygen atoms in total. The summed E-state index contributed by atoms with van der Waals surface area (Å²) in [6.45, 7) is 4.09. The van der Waals surface area contributed by atoms with Crippen LogP contribution in [0.3, 0.4) is 0 Å². The number of hydrogen-bond acceptors (Lipinski definition) is 4. The first-order valence-electron chi connectivity index (χ1n) is 9.64. The molecule has 2 saturated heterocycles. The molecule has 0 radical (unpaired) electrons. The molecular weight excluding hydrogens is 300 g/mol. The zero-order chi connectivity index (χ0) is 16.5. The lowest BCUT2D eigenvalue weighted by Crippen LogP contribution is -2.52. The van der Waals surface area contributed by atoms with Crippen molar-refractivity contribution < 1.29 is 10.2 Å². The van der Waals surface area contributed by atoms with Gasteiger partial charge < -0.3 is 15.1 Å². The first kappa shape index (κ1) is 16.4. The average molecular weight is 330 g/mol. The van der Waals surface area contributed by atoms with Crippen LogP contribution < -0.4 is 4.90 Å². The summed E-state index contributed by atoms with van der Waals surface area (Å²) in [5, 5.41) is 19.5. The molecule has 0 amide bonds. The zero-order valence-corrected chi connectivity index (χ0v) is 14.5. The molecule has 2 aliphatic heterocycles. The average Bonchev–Trinajstić information content (AvgIpc) is 3.09. The third-order valence-corrected chi connectivity index (χ3v) is 6.42. The van der Waals surface area contributed by atoms with Crippen LogP contribution in [0.15, 0.2) is 18.2 Å². The third kappa shape index (κ3) is 3.19. The molecule has 2 atom stereocenters. The Labute approximate surface area is 145 Å². The molecule has 2 fully saturated rings. The lowest BCUT2D eigenvalue weighted by Gasteiger charge is -2.43. The van der Waals surface area contributed by atoms with Crippen molar-refractivity contribution in [3.8, 4) is 0 Å². The number of hydrogen-bond donors (Lipinski definition) is 2. The Morgan fingerprint density at radius 1 is 1.00 bits per heavy atom. The summed E-state index contributed by atoms with van der Waals surface area (Å²) in [4.78, 5) is 4.99. The van der Waals surface area contributed by atoms with Gasteiger partial charge in [-0.3, -0.25) is 4.90 Å². The number of likely N-dealkylation sites (tertiary alicyclic amines) is 1. The predicted molar refractivity (Wildman–Crippen MR) is 96.5 cm³/mol. The van der Waals surface area contributed by atoms with Crippen molar-refractivity contribution in [3.63, 3.8) is 0 Å². The topological polar surface area (TPSA) is 46.9 Å². The molecule has 0 unspecified atom stereocenters. The second-order valence-corrected chi connectivity index (χ2v) is 7.82. The molecule has 132 valence electrons. The van der Waals surface area contributed by atoms with Gasteiger partial charge in [0.05, 0.1) is 6.10 Å². The molecule has 3 aliphatic rings. The SMILES string of the molecule is OC[C@H]1CCN(C2CCN(c3ccc4c(c3)CCC4)CC2)C[C@@H]1O. The Morgan fingerprint density at radius 2 is 1.79 bits per heavy atom. The summed E-state index contributed by atoms with van der Waals surface area (Å²) >= 11 is 0. The van der Waals surface area contributed by atoms with Crippen LogP contribution in [0.2, 0.25) is 0 Å². The van der Waals surface area contributed by atoms with Crippen LogP contribution >= 0.6 is 0 Å². The van der Waals surface area contributed by atoms with E-state index in [9.17, 15) is 10.2 Å². The third-order valence-electron chi connectivity index (χ3n) is 6.42. The summed E-state index contributed by atoms with van der Waals surface area (Å²) in [5.74, 6) is 0.0766. The van der Waals surface area contributed by atoms with Crippen molar-refractivity contribution in [2.75, 3.05) is 37.7 Å². The lowest BCUT2D eigenvalue weighted by molar-refractivity contribution is -0.0198. The smallest absolute Gasteiger partial charge is 0.0717 e. The fourth-order valence-corrected chi connectivity index (χ4v) is 4.79. The van der Waals surface area contributed by atoms with Gasteiger partial charge in [0.25, 0.3) is 0 Å². The van der Waals surface area contributed by atoms with Crippen molar-refractivity contribution in [2.45, 2.75) is 50.7 Å². The molecule has 0 bridgehead atoms. The summed E-state index contributed by atoms with van der Waals surface area (Å²) in [5.41, 5.74) is 4.51. The van der Waals surface area contributed by atoms with E-state index in [1.165, 1.54) is 37.8 Å². The van der Waals surface area contributed by atoms with E-state index in [2.05, 4.69) is 28.0 Å². The maximum atomic E-state index is 10.2. The minimum Gasteiger partial charge on any atom is -0.396 e. The summed E-state index contributed by atoms with van der Waals surface area (Å²) < 4.78 is 0. The van der Waals surface area contributed by atoms with Gasteiger partial charge in [-0.25, -0.2) is 0 Å². The number of benzene rings is 1. The largest absolute Gasteiger partial charge is 0.396 e. The predicted octanol–water partition coefficient (Wildman–Crippen LogP) is 1.82. The van der Waals surface area contributed by atoms with Crippen LogP contribution in [0.25, 0.3) is 0 Å². The number of piperidine rings is 2. The zero-order valence-electron chi connectivity index (χ0n) is 14.5. The molecule has 1 aromatic carbocycles. The number of anilines is 1. The highest BCUT2D eigenvalue weighted by Gasteiger charge is 2.32. The normalized spacial score (nSPS) is 29.0. The van der Waals surface area contributed by atoms with E-state index in [1.807, 2.05) is 0 Å². The minimum atomic E-state index is -0.363. The van der Waals surface area contributed by atoms with Gasteiger partial charge in [-0.1, -0.05) is 6.07 Å². The van der Waals surface area contributed by atoms with Crippen LogP contribution in [-0.4, -0.2) is 60.0 Å². The fourth-order valence-electron chi connectivity index (χ4n) is 4.79. The quantitative estimate of drug-likeness (QED) is 0.887. The molecule has 4 heteroatoms. The second kappa shape index (κ2) is 7.03. The lowest BCUT2D eigenvalue weighted by atomic mass is 9.91. The molecule has 2 N–H and O–H groups in total. The molecule has 2 heterocycles. The standard InChI is InChI=1S/C20H30N2O2/c23-14-17-6-9-22(13-20(17)24)18-7-10-21(11-8-18)19-5-4-15-2-1-3-16(15)12-19/h4-5,12,17-18,20,23-24H,1-3,6-11,13-14H2/t17-,20+/m1/s1. The van der Waals surface area contributed by atoms with Crippen LogP contribution in [-0.2, 0) is 12.8 Å². The van der Waals surface area contributed by atoms with Gasteiger partial charge in [0, 0.05) is 43.9 Å². The molecule has 24 heavy (non-hydrogen) atoms. The summed E-state index contributed by atoms with van der Waals surface area (Å²) in [7, 11) is 0. The van der Waals surface area contributed by atoms with Crippen molar-refractivity contribution in [1.29, 1.82) is 0 Å². The van der Waals surface area contributed by atoms with E-state index >= 15 is 0 Å². The van der Waals surface area contributed by atoms with E-state index in [4.69, 9.17) is 0 Å². The fraction of sp³-hybridized carbons (Fsp3) is 0.700. The first-order valence-corrected chi connectivity index (χ1v) is 9.64. The number of aliphatic hydroxyl groups is 2. The Morgan fingerprint density at radius 3 is 2.54 bits per heavy atom. The molecule has 1 aliphatic carbocycles. The number of aliphatic hydroxyl groups excluding tert-OH is 2. The van der Waals surface area contributed by atoms with Gasteiger partial charge in [0.15, 0.2) is 0 Å². The number of nitrogens with zero attached hydrogens (tertiary/aromatic N) is 2. The summed E-state index contributed by atoms with van der Waals surface area (Å²) in [6.07, 6.45) is 6.72.